The highest BCUT2D eigenvalue weighted by atomic mass is 32.2. The molecule has 2 aromatic carbocycles. The van der Waals surface area contributed by atoms with E-state index < -0.39 is 18.0 Å². The van der Waals surface area contributed by atoms with E-state index in [4.69, 9.17) is 14.2 Å². The van der Waals surface area contributed by atoms with Crippen LogP contribution in [0.25, 0.3) is 0 Å². The molecule has 5 nitrogen and oxygen atoms in total. The lowest BCUT2D eigenvalue weighted by molar-refractivity contribution is -0.0359. The van der Waals surface area contributed by atoms with Gasteiger partial charge in [0, 0.05) is 5.75 Å². The van der Waals surface area contributed by atoms with Crippen LogP contribution in [0.4, 0.5) is 0 Å². The van der Waals surface area contributed by atoms with Gasteiger partial charge < -0.3 is 14.2 Å². The first-order chi connectivity index (χ1) is 13.7. The lowest BCUT2D eigenvalue weighted by Gasteiger charge is -2.24. The molecule has 0 aliphatic carbocycles. The molecule has 0 saturated carbocycles. The highest BCUT2D eigenvalue weighted by Crippen LogP contribution is 2.32. The summed E-state index contributed by atoms with van der Waals surface area (Å²) in [5.74, 6) is -0.168. The summed E-state index contributed by atoms with van der Waals surface area (Å²) in [6, 6.07) is 17.6. The Morgan fingerprint density at radius 1 is 1.00 bits per heavy atom. The van der Waals surface area contributed by atoms with Gasteiger partial charge in [-0.05, 0) is 24.3 Å². The maximum Gasteiger partial charge on any atom is 0.338 e. The molecule has 1 fully saturated rings. The molecule has 1 heterocycles. The van der Waals surface area contributed by atoms with Crippen LogP contribution in [0.5, 0.6) is 0 Å². The SMILES string of the molecule is C=CCO[C@H]1CS[C@H](COC(=O)c2ccccc2)[C@@H]1OC(=O)c1ccccc1. The van der Waals surface area contributed by atoms with Crippen LogP contribution in [0, 0.1) is 0 Å². The van der Waals surface area contributed by atoms with E-state index in [1.165, 1.54) is 0 Å². The van der Waals surface area contributed by atoms with Crippen LogP contribution in [0.15, 0.2) is 73.3 Å². The van der Waals surface area contributed by atoms with Gasteiger partial charge in [-0.15, -0.1) is 18.3 Å². The summed E-state index contributed by atoms with van der Waals surface area (Å²) in [7, 11) is 0. The first kappa shape index (κ1) is 20.2. The van der Waals surface area contributed by atoms with Crippen molar-refractivity contribution in [3.63, 3.8) is 0 Å². The fraction of sp³-hybridized carbons (Fsp3) is 0.273. The molecular weight excluding hydrogens is 376 g/mol. The molecule has 1 aliphatic heterocycles. The zero-order chi connectivity index (χ0) is 19.8. The third kappa shape index (κ3) is 5.24. The molecule has 0 spiro atoms. The number of esters is 2. The van der Waals surface area contributed by atoms with E-state index >= 15 is 0 Å². The summed E-state index contributed by atoms with van der Waals surface area (Å²) in [5.41, 5.74) is 0.963. The largest absolute Gasteiger partial charge is 0.461 e. The van der Waals surface area contributed by atoms with Gasteiger partial charge in [0.1, 0.15) is 18.8 Å². The van der Waals surface area contributed by atoms with Crippen molar-refractivity contribution in [1.82, 2.24) is 0 Å². The lowest BCUT2D eigenvalue weighted by atomic mass is 10.1. The van der Waals surface area contributed by atoms with Crippen molar-refractivity contribution < 1.29 is 23.8 Å². The lowest BCUT2D eigenvalue weighted by Crippen LogP contribution is -2.39. The zero-order valence-corrected chi connectivity index (χ0v) is 16.2. The van der Waals surface area contributed by atoms with Gasteiger partial charge in [-0.3, -0.25) is 0 Å². The van der Waals surface area contributed by atoms with Crippen molar-refractivity contribution in [1.29, 1.82) is 0 Å². The van der Waals surface area contributed by atoms with Crippen LogP contribution in [-0.4, -0.2) is 48.4 Å². The number of thioether (sulfide) groups is 1. The van der Waals surface area contributed by atoms with Crippen molar-refractivity contribution >= 4 is 23.7 Å². The van der Waals surface area contributed by atoms with Gasteiger partial charge in [0.2, 0.25) is 0 Å². The average molecular weight is 398 g/mol. The van der Waals surface area contributed by atoms with Crippen molar-refractivity contribution in [2.45, 2.75) is 17.5 Å². The van der Waals surface area contributed by atoms with Crippen LogP contribution < -0.4 is 0 Å². The number of carbonyl (C=O) groups is 2. The standard InChI is InChI=1S/C22H22O5S/c1-2-13-25-18-15-28-19(14-26-21(23)16-9-5-3-6-10-16)20(18)27-22(24)17-11-7-4-8-12-17/h2-12,18-20H,1,13-15H2/t18-,19+,20+/m0/s1. The molecule has 0 bridgehead atoms. The van der Waals surface area contributed by atoms with Crippen LogP contribution in [0.2, 0.25) is 0 Å². The third-order valence-electron chi connectivity index (χ3n) is 4.28. The Bertz CT molecular complexity index is 793. The number of hydrogen-bond donors (Lipinski definition) is 0. The highest BCUT2D eigenvalue weighted by molar-refractivity contribution is 8.00. The van der Waals surface area contributed by atoms with Crippen LogP contribution in [-0.2, 0) is 14.2 Å². The molecule has 0 N–H and O–H groups in total. The molecule has 3 rings (SSSR count). The molecule has 0 aromatic heterocycles. The third-order valence-corrected chi connectivity index (χ3v) is 5.63. The van der Waals surface area contributed by atoms with E-state index in [0.29, 0.717) is 23.5 Å². The molecule has 0 radical (unpaired) electrons. The molecule has 0 unspecified atom stereocenters. The molecular formula is C22H22O5S. The van der Waals surface area contributed by atoms with E-state index in [1.807, 2.05) is 12.1 Å². The van der Waals surface area contributed by atoms with Gasteiger partial charge in [0.15, 0.2) is 0 Å². The highest BCUT2D eigenvalue weighted by Gasteiger charge is 2.41. The molecule has 28 heavy (non-hydrogen) atoms. The predicted octanol–water partition coefficient (Wildman–Crippen LogP) is 3.76. The minimum atomic E-state index is -0.513. The number of benzene rings is 2. The first-order valence-corrected chi connectivity index (χ1v) is 10.1. The van der Waals surface area contributed by atoms with Gasteiger partial charge >= 0.3 is 11.9 Å². The second kappa shape index (κ2) is 10.1. The Kier molecular flexibility index (Phi) is 7.28. The van der Waals surface area contributed by atoms with E-state index in [0.717, 1.165) is 0 Å². The summed E-state index contributed by atoms with van der Waals surface area (Å²) in [5, 5.41) is -0.199. The molecule has 1 saturated heterocycles. The summed E-state index contributed by atoms with van der Waals surface area (Å²) in [6.07, 6.45) is 0.862. The van der Waals surface area contributed by atoms with Crippen LogP contribution in [0.1, 0.15) is 20.7 Å². The summed E-state index contributed by atoms with van der Waals surface area (Å²) >= 11 is 1.57. The van der Waals surface area contributed by atoms with Gasteiger partial charge in [-0.1, -0.05) is 42.5 Å². The monoisotopic (exact) mass is 398 g/mol. The topological polar surface area (TPSA) is 61.8 Å². The number of ether oxygens (including phenoxy) is 3. The zero-order valence-electron chi connectivity index (χ0n) is 15.4. The molecule has 146 valence electrons. The Balaban J connectivity index is 1.65. The van der Waals surface area contributed by atoms with E-state index in [2.05, 4.69) is 6.58 Å². The van der Waals surface area contributed by atoms with Crippen molar-refractivity contribution in [3.8, 4) is 0 Å². The van der Waals surface area contributed by atoms with E-state index in [-0.39, 0.29) is 18.0 Å². The normalized spacial score (nSPS) is 21.1. The van der Waals surface area contributed by atoms with Crippen molar-refractivity contribution in [2.75, 3.05) is 19.0 Å². The molecule has 1 aliphatic rings. The molecule has 6 heteroatoms. The Hall–Kier alpha value is -2.57. The first-order valence-electron chi connectivity index (χ1n) is 9.01. The van der Waals surface area contributed by atoms with Gasteiger partial charge in [0.05, 0.1) is 23.0 Å². The van der Waals surface area contributed by atoms with Crippen molar-refractivity contribution in [2.24, 2.45) is 0 Å². The number of rotatable bonds is 8. The van der Waals surface area contributed by atoms with Gasteiger partial charge in [-0.25, -0.2) is 9.59 Å². The smallest absolute Gasteiger partial charge is 0.338 e. The van der Waals surface area contributed by atoms with E-state index in [9.17, 15) is 9.59 Å². The second-order valence-electron chi connectivity index (χ2n) is 6.23. The predicted molar refractivity (Wildman–Crippen MR) is 109 cm³/mol. The van der Waals surface area contributed by atoms with Crippen LogP contribution in [0.3, 0.4) is 0 Å². The number of carbonyl (C=O) groups excluding carboxylic acids is 2. The number of hydrogen-bond acceptors (Lipinski definition) is 6. The maximum absolute atomic E-state index is 12.5. The van der Waals surface area contributed by atoms with Crippen LogP contribution >= 0.6 is 11.8 Å². The minimum absolute atomic E-state index is 0.138. The Morgan fingerprint density at radius 3 is 2.21 bits per heavy atom. The Morgan fingerprint density at radius 2 is 1.61 bits per heavy atom. The Labute approximate surface area is 168 Å². The maximum atomic E-state index is 12.5. The van der Waals surface area contributed by atoms with Gasteiger partial charge in [-0.2, -0.15) is 0 Å². The minimum Gasteiger partial charge on any atom is -0.461 e. The van der Waals surface area contributed by atoms with Crippen molar-refractivity contribution in [3.05, 3.63) is 84.4 Å². The summed E-state index contributed by atoms with van der Waals surface area (Å²) in [4.78, 5) is 24.7. The second-order valence-corrected chi connectivity index (χ2v) is 7.50. The molecule has 0 amide bonds. The van der Waals surface area contributed by atoms with Gasteiger partial charge in [0.25, 0.3) is 0 Å². The summed E-state index contributed by atoms with van der Waals surface area (Å²) < 4.78 is 17.0. The fourth-order valence-electron chi connectivity index (χ4n) is 2.86. The summed E-state index contributed by atoms with van der Waals surface area (Å²) in [6.45, 7) is 4.16. The quantitative estimate of drug-likeness (QED) is 0.498. The average Bonchev–Trinajstić information content (AvgIpc) is 3.13. The molecule has 2 aromatic rings. The molecule has 3 atom stereocenters. The van der Waals surface area contributed by atoms with E-state index in [1.54, 1.807) is 66.4 Å². The fourth-order valence-corrected chi connectivity index (χ4v) is 4.17.